The zero-order chi connectivity index (χ0) is 13.8. The van der Waals surface area contributed by atoms with E-state index in [1.54, 1.807) is 30.3 Å². The Bertz CT molecular complexity index is 616. The Morgan fingerprint density at radius 3 is 2.74 bits per heavy atom. The van der Waals surface area contributed by atoms with Crippen molar-refractivity contribution in [1.82, 2.24) is 5.32 Å². The average molecular weight is 279 g/mol. The van der Waals surface area contributed by atoms with Gasteiger partial charge in [-0.05, 0) is 24.3 Å². The average Bonchev–Trinajstić information content (AvgIpc) is 2.40. The molecule has 0 unspecified atom stereocenters. The highest BCUT2D eigenvalue weighted by molar-refractivity contribution is 6.34. The second kappa shape index (κ2) is 5.71. The predicted molar refractivity (Wildman–Crippen MR) is 73.4 cm³/mol. The number of nitrogens with one attached hydrogen (secondary N) is 1. The van der Waals surface area contributed by atoms with Crippen LogP contribution in [-0.2, 0) is 6.54 Å². The van der Waals surface area contributed by atoms with Gasteiger partial charge < -0.3 is 11.1 Å². The number of benzene rings is 2. The van der Waals surface area contributed by atoms with Crippen LogP contribution in [0.4, 0.5) is 10.1 Å². The fourth-order valence-electron chi connectivity index (χ4n) is 1.63. The van der Waals surface area contributed by atoms with Gasteiger partial charge in [-0.2, -0.15) is 0 Å². The number of halogens is 2. The minimum atomic E-state index is -0.388. The van der Waals surface area contributed by atoms with Crippen molar-refractivity contribution in [2.45, 2.75) is 6.54 Å². The summed E-state index contributed by atoms with van der Waals surface area (Å²) in [4.78, 5) is 11.9. The van der Waals surface area contributed by atoms with E-state index in [2.05, 4.69) is 5.32 Å². The summed E-state index contributed by atoms with van der Waals surface area (Å²) in [5.74, 6) is -0.748. The quantitative estimate of drug-likeness (QED) is 0.848. The molecule has 98 valence electrons. The third-order valence-electron chi connectivity index (χ3n) is 2.63. The minimum Gasteiger partial charge on any atom is -0.399 e. The monoisotopic (exact) mass is 278 g/mol. The summed E-state index contributed by atoms with van der Waals surface area (Å²) in [5, 5.41) is 2.91. The summed E-state index contributed by atoms with van der Waals surface area (Å²) >= 11 is 5.91. The number of hydrogen-bond donors (Lipinski definition) is 2. The Morgan fingerprint density at radius 1 is 1.26 bits per heavy atom. The maximum Gasteiger partial charge on any atom is 0.253 e. The first kappa shape index (κ1) is 13.4. The lowest BCUT2D eigenvalue weighted by molar-refractivity contribution is 0.0951. The van der Waals surface area contributed by atoms with Crippen LogP contribution in [-0.4, -0.2) is 5.91 Å². The van der Waals surface area contributed by atoms with Crippen LogP contribution in [0, 0.1) is 5.82 Å². The van der Waals surface area contributed by atoms with E-state index >= 15 is 0 Å². The van der Waals surface area contributed by atoms with E-state index < -0.39 is 0 Å². The molecule has 0 aliphatic carbocycles. The molecule has 0 atom stereocenters. The summed E-state index contributed by atoms with van der Waals surface area (Å²) in [6, 6.07) is 10.9. The zero-order valence-electron chi connectivity index (χ0n) is 9.99. The highest BCUT2D eigenvalue weighted by atomic mass is 35.5. The first-order chi connectivity index (χ1) is 9.08. The number of anilines is 1. The van der Waals surface area contributed by atoms with Crippen molar-refractivity contribution < 1.29 is 9.18 Å². The van der Waals surface area contributed by atoms with Crippen molar-refractivity contribution >= 4 is 23.2 Å². The molecule has 0 aliphatic rings. The fourth-order valence-corrected chi connectivity index (χ4v) is 1.83. The lowest BCUT2D eigenvalue weighted by Gasteiger charge is -2.08. The van der Waals surface area contributed by atoms with Gasteiger partial charge in [0.2, 0.25) is 0 Å². The van der Waals surface area contributed by atoms with Crippen molar-refractivity contribution in [3.05, 3.63) is 64.4 Å². The Hall–Kier alpha value is -2.07. The van der Waals surface area contributed by atoms with Crippen LogP contribution in [0.2, 0.25) is 5.02 Å². The van der Waals surface area contributed by atoms with Crippen molar-refractivity contribution in [2.24, 2.45) is 0 Å². The van der Waals surface area contributed by atoms with Crippen LogP contribution in [0.25, 0.3) is 0 Å². The van der Waals surface area contributed by atoms with E-state index in [0.29, 0.717) is 16.3 Å². The second-order valence-electron chi connectivity index (χ2n) is 4.01. The van der Waals surface area contributed by atoms with Crippen LogP contribution in [0.3, 0.4) is 0 Å². The van der Waals surface area contributed by atoms with Gasteiger partial charge in [0.25, 0.3) is 5.91 Å². The first-order valence-corrected chi connectivity index (χ1v) is 6.02. The first-order valence-electron chi connectivity index (χ1n) is 5.64. The summed E-state index contributed by atoms with van der Waals surface area (Å²) in [6.45, 7) is 0.0939. The molecule has 0 fully saturated rings. The van der Waals surface area contributed by atoms with Crippen LogP contribution in [0.1, 0.15) is 15.9 Å². The molecule has 2 aromatic carbocycles. The minimum absolute atomic E-state index is 0.0939. The largest absolute Gasteiger partial charge is 0.399 e. The van der Waals surface area contributed by atoms with Crippen LogP contribution < -0.4 is 11.1 Å². The number of rotatable bonds is 3. The molecule has 2 aromatic rings. The molecular formula is C14H12ClFN2O. The number of nitrogen functional groups attached to an aromatic ring is 1. The normalized spacial score (nSPS) is 10.2. The molecule has 5 heteroatoms. The lowest BCUT2D eigenvalue weighted by atomic mass is 10.1. The molecule has 0 radical (unpaired) electrons. The number of carbonyl (C=O) groups is 1. The Kier molecular flexibility index (Phi) is 4.02. The SMILES string of the molecule is Nc1ccc(Cl)c(C(=O)NCc2ccccc2F)c1. The molecule has 3 N–H and O–H groups in total. The van der Waals surface area contributed by atoms with E-state index in [4.69, 9.17) is 17.3 Å². The van der Waals surface area contributed by atoms with Gasteiger partial charge in [-0.25, -0.2) is 4.39 Å². The van der Waals surface area contributed by atoms with Gasteiger partial charge in [0.05, 0.1) is 10.6 Å². The number of carbonyl (C=O) groups excluding carboxylic acids is 1. The van der Waals surface area contributed by atoms with Gasteiger partial charge in [0, 0.05) is 17.8 Å². The Balaban J connectivity index is 2.10. The van der Waals surface area contributed by atoms with E-state index in [0.717, 1.165) is 0 Å². The van der Waals surface area contributed by atoms with Crippen molar-refractivity contribution in [3.63, 3.8) is 0 Å². The van der Waals surface area contributed by atoms with Crippen molar-refractivity contribution in [3.8, 4) is 0 Å². The van der Waals surface area contributed by atoms with Gasteiger partial charge in [0.15, 0.2) is 0 Å². The molecule has 0 saturated carbocycles. The maximum atomic E-state index is 13.4. The summed E-state index contributed by atoms with van der Waals surface area (Å²) in [6.07, 6.45) is 0. The topological polar surface area (TPSA) is 55.1 Å². The number of amides is 1. The smallest absolute Gasteiger partial charge is 0.253 e. The van der Waals surface area contributed by atoms with Crippen LogP contribution in [0.15, 0.2) is 42.5 Å². The molecule has 2 rings (SSSR count). The second-order valence-corrected chi connectivity index (χ2v) is 4.42. The van der Waals surface area contributed by atoms with Gasteiger partial charge in [-0.15, -0.1) is 0 Å². The molecule has 0 bridgehead atoms. The van der Waals surface area contributed by atoms with Crippen LogP contribution in [0.5, 0.6) is 0 Å². The van der Waals surface area contributed by atoms with E-state index in [1.807, 2.05) is 0 Å². The fraction of sp³-hybridized carbons (Fsp3) is 0.0714. The third kappa shape index (κ3) is 3.23. The molecule has 3 nitrogen and oxygen atoms in total. The molecular weight excluding hydrogens is 267 g/mol. The van der Waals surface area contributed by atoms with Crippen molar-refractivity contribution in [2.75, 3.05) is 5.73 Å². The molecule has 0 spiro atoms. The van der Waals surface area contributed by atoms with E-state index in [-0.39, 0.29) is 23.8 Å². The van der Waals surface area contributed by atoms with Gasteiger partial charge >= 0.3 is 0 Å². The molecule has 1 amide bonds. The van der Waals surface area contributed by atoms with Crippen molar-refractivity contribution in [1.29, 1.82) is 0 Å². The van der Waals surface area contributed by atoms with Gasteiger partial charge in [-0.3, -0.25) is 4.79 Å². The lowest BCUT2D eigenvalue weighted by Crippen LogP contribution is -2.23. The molecule has 0 aliphatic heterocycles. The van der Waals surface area contributed by atoms with Gasteiger partial charge in [-0.1, -0.05) is 29.8 Å². The summed E-state index contributed by atoms with van der Waals surface area (Å²) in [7, 11) is 0. The standard InChI is InChI=1S/C14H12ClFN2O/c15-12-6-5-10(17)7-11(12)14(19)18-8-9-3-1-2-4-13(9)16/h1-7H,8,17H2,(H,18,19). The molecule has 0 heterocycles. The predicted octanol–water partition coefficient (Wildman–Crippen LogP) is 2.99. The summed E-state index contributed by atoms with van der Waals surface area (Å²) < 4.78 is 13.4. The highest BCUT2D eigenvalue weighted by Crippen LogP contribution is 2.18. The molecule has 0 aromatic heterocycles. The maximum absolute atomic E-state index is 13.4. The zero-order valence-corrected chi connectivity index (χ0v) is 10.7. The molecule has 0 saturated heterocycles. The number of nitrogens with two attached hydrogens (primary N) is 1. The number of hydrogen-bond acceptors (Lipinski definition) is 2. The third-order valence-corrected chi connectivity index (χ3v) is 2.96. The van der Waals surface area contributed by atoms with E-state index in [1.165, 1.54) is 12.1 Å². The molecule has 19 heavy (non-hydrogen) atoms. The highest BCUT2D eigenvalue weighted by Gasteiger charge is 2.11. The van der Waals surface area contributed by atoms with Gasteiger partial charge in [0.1, 0.15) is 5.82 Å². The Labute approximate surface area is 115 Å². The van der Waals surface area contributed by atoms with E-state index in [9.17, 15) is 9.18 Å². The van der Waals surface area contributed by atoms with Crippen LogP contribution >= 0.6 is 11.6 Å². The summed E-state index contributed by atoms with van der Waals surface area (Å²) in [5.41, 5.74) is 6.73. The Morgan fingerprint density at radius 2 is 2.00 bits per heavy atom.